The first-order chi connectivity index (χ1) is 14.5. The zero-order chi connectivity index (χ0) is 21.1. The molecule has 0 saturated carbocycles. The number of nitrogens with zero attached hydrogens (tertiary/aromatic N) is 1. The van der Waals surface area contributed by atoms with Crippen molar-refractivity contribution in [1.29, 1.82) is 0 Å². The first-order valence-corrected chi connectivity index (χ1v) is 10.3. The van der Waals surface area contributed by atoms with E-state index in [4.69, 9.17) is 0 Å². The summed E-state index contributed by atoms with van der Waals surface area (Å²) < 4.78 is 0. The second-order valence-electron chi connectivity index (χ2n) is 7.85. The average molecular weight is 396 g/mol. The summed E-state index contributed by atoms with van der Waals surface area (Å²) in [4.78, 5) is 26.3. The number of carbonyl (C=O) groups is 2. The zero-order valence-corrected chi connectivity index (χ0v) is 17.4. The molecule has 1 aliphatic rings. The van der Waals surface area contributed by atoms with Gasteiger partial charge in [0.2, 0.25) is 0 Å². The van der Waals surface area contributed by atoms with Crippen LogP contribution in [0.25, 0.3) is 12.2 Å². The highest BCUT2D eigenvalue weighted by atomic mass is 16.2. The van der Waals surface area contributed by atoms with E-state index in [1.807, 2.05) is 0 Å². The summed E-state index contributed by atoms with van der Waals surface area (Å²) in [5.74, 6) is -0.360. The largest absolute Gasteiger partial charge is 0.274 e. The Morgan fingerprint density at radius 2 is 1.53 bits per heavy atom. The van der Waals surface area contributed by atoms with Crippen LogP contribution in [0, 0.1) is 13.8 Å². The minimum Gasteiger partial charge on any atom is -0.274 e. The molecule has 0 fully saturated rings. The Hall–Kier alpha value is -3.46. The van der Waals surface area contributed by atoms with Crippen molar-refractivity contribution in [2.75, 3.05) is 6.54 Å². The van der Waals surface area contributed by atoms with E-state index in [0.29, 0.717) is 17.7 Å². The van der Waals surface area contributed by atoms with Crippen molar-refractivity contribution in [2.24, 2.45) is 0 Å². The minimum atomic E-state index is -0.180. The van der Waals surface area contributed by atoms with Gasteiger partial charge in [0.15, 0.2) is 0 Å². The summed E-state index contributed by atoms with van der Waals surface area (Å²) in [7, 11) is 0. The Labute approximate surface area is 177 Å². The fourth-order valence-electron chi connectivity index (χ4n) is 3.86. The van der Waals surface area contributed by atoms with Crippen LogP contribution in [0.3, 0.4) is 0 Å². The topological polar surface area (TPSA) is 37.4 Å². The molecule has 0 radical (unpaired) electrons. The van der Waals surface area contributed by atoms with Crippen molar-refractivity contribution in [1.82, 2.24) is 4.90 Å². The van der Waals surface area contributed by atoms with Crippen LogP contribution in [-0.2, 0) is 6.42 Å². The Balaban J connectivity index is 1.39. The third kappa shape index (κ3) is 4.11. The Morgan fingerprint density at radius 3 is 2.27 bits per heavy atom. The maximum absolute atomic E-state index is 12.5. The Bertz CT molecular complexity index is 1110. The van der Waals surface area contributed by atoms with Crippen molar-refractivity contribution in [3.8, 4) is 0 Å². The molecule has 4 rings (SSSR count). The fraction of sp³-hybridized carbons (Fsp3) is 0.185. The molecule has 2 amide bonds. The molecule has 1 aliphatic heterocycles. The summed E-state index contributed by atoms with van der Waals surface area (Å²) in [6, 6.07) is 21.9. The smallest absolute Gasteiger partial charge is 0.261 e. The van der Waals surface area contributed by atoms with E-state index in [1.165, 1.54) is 27.2 Å². The molecule has 0 spiro atoms. The average Bonchev–Trinajstić information content (AvgIpc) is 3.00. The third-order valence-electron chi connectivity index (χ3n) is 5.57. The van der Waals surface area contributed by atoms with Crippen molar-refractivity contribution < 1.29 is 9.59 Å². The predicted molar refractivity (Wildman–Crippen MR) is 121 cm³/mol. The SMILES string of the molecule is Cc1ccc(C)c(C=Cc2cccc(CCCN3C(=O)c4ccccc4C3=O)c2)c1. The number of hydrogen-bond acceptors (Lipinski definition) is 2. The monoisotopic (exact) mass is 395 g/mol. The number of aryl methyl sites for hydroxylation is 3. The number of carbonyl (C=O) groups excluding carboxylic acids is 2. The molecular weight excluding hydrogens is 370 g/mol. The molecule has 0 N–H and O–H groups in total. The molecule has 0 aliphatic carbocycles. The molecule has 3 aromatic carbocycles. The van der Waals surface area contributed by atoms with E-state index >= 15 is 0 Å². The van der Waals surface area contributed by atoms with Gasteiger partial charge in [0.25, 0.3) is 11.8 Å². The van der Waals surface area contributed by atoms with E-state index in [2.05, 4.69) is 68.5 Å². The molecule has 0 bridgehead atoms. The van der Waals surface area contributed by atoms with Gasteiger partial charge in [-0.05, 0) is 61.1 Å². The highest BCUT2D eigenvalue weighted by Crippen LogP contribution is 2.23. The van der Waals surface area contributed by atoms with Gasteiger partial charge in [0.05, 0.1) is 11.1 Å². The summed E-state index contributed by atoms with van der Waals surface area (Å²) in [5, 5.41) is 0. The van der Waals surface area contributed by atoms with E-state index in [9.17, 15) is 9.59 Å². The molecule has 3 heteroatoms. The lowest BCUT2D eigenvalue weighted by molar-refractivity contribution is 0.0652. The summed E-state index contributed by atoms with van der Waals surface area (Å²) in [6.45, 7) is 4.66. The van der Waals surface area contributed by atoms with Crippen LogP contribution in [0.5, 0.6) is 0 Å². The van der Waals surface area contributed by atoms with E-state index in [-0.39, 0.29) is 11.8 Å². The number of imide groups is 1. The first-order valence-electron chi connectivity index (χ1n) is 10.3. The lowest BCUT2D eigenvalue weighted by Crippen LogP contribution is -2.30. The van der Waals surface area contributed by atoms with Gasteiger partial charge in [0, 0.05) is 6.54 Å². The molecule has 0 atom stereocenters. The fourth-order valence-corrected chi connectivity index (χ4v) is 3.86. The van der Waals surface area contributed by atoms with Crippen molar-refractivity contribution in [3.05, 3.63) is 106 Å². The summed E-state index contributed by atoms with van der Waals surface area (Å²) in [6.07, 6.45) is 5.85. The number of amides is 2. The van der Waals surface area contributed by atoms with E-state index in [1.54, 1.807) is 24.3 Å². The van der Waals surface area contributed by atoms with E-state index in [0.717, 1.165) is 18.4 Å². The second-order valence-corrected chi connectivity index (χ2v) is 7.85. The van der Waals surface area contributed by atoms with Crippen molar-refractivity contribution >= 4 is 24.0 Å². The molecule has 150 valence electrons. The lowest BCUT2D eigenvalue weighted by atomic mass is 10.0. The molecule has 30 heavy (non-hydrogen) atoms. The molecule has 0 saturated heterocycles. The van der Waals surface area contributed by atoms with Gasteiger partial charge in [0.1, 0.15) is 0 Å². The highest BCUT2D eigenvalue weighted by Gasteiger charge is 2.34. The third-order valence-corrected chi connectivity index (χ3v) is 5.57. The molecule has 1 heterocycles. The van der Waals surface area contributed by atoms with Crippen LogP contribution >= 0.6 is 0 Å². The summed E-state index contributed by atoms with van der Waals surface area (Å²) >= 11 is 0. The van der Waals surface area contributed by atoms with Gasteiger partial charge >= 0.3 is 0 Å². The molecular formula is C27H25NO2. The van der Waals surface area contributed by atoms with Gasteiger partial charge in [-0.15, -0.1) is 0 Å². The first kappa shape index (κ1) is 19.8. The maximum Gasteiger partial charge on any atom is 0.261 e. The molecule has 3 nitrogen and oxygen atoms in total. The van der Waals surface area contributed by atoms with E-state index < -0.39 is 0 Å². The van der Waals surface area contributed by atoms with Crippen LogP contribution in [0.15, 0.2) is 66.7 Å². The van der Waals surface area contributed by atoms with Crippen LogP contribution in [0.4, 0.5) is 0 Å². The number of rotatable bonds is 6. The van der Waals surface area contributed by atoms with Crippen molar-refractivity contribution in [2.45, 2.75) is 26.7 Å². The number of hydrogen-bond donors (Lipinski definition) is 0. The lowest BCUT2D eigenvalue weighted by Gasteiger charge is -2.13. The van der Waals surface area contributed by atoms with Gasteiger partial charge in [-0.2, -0.15) is 0 Å². The minimum absolute atomic E-state index is 0.180. The van der Waals surface area contributed by atoms with Gasteiger partial charge in [-0.25, -0.2) is 0 Å². The van der Waals surface area contributed by atoms with Crippen molar-refractivity contribution in [3.63, 3.8) is 0 Å². The second kappa shape index (κ2) is 8.50. The van der Waals surface area contributed by atoms with Crippen LogP contribution in [0.2, 0.25) is 0 Å². The Kier molecular flexibility index (Phi) is 5.62. The van der Waals surface area contributed by atoms with Gasteiger partial charge in [-0.3, -0.25) is 14.5 Å². The maximum atomic E-state index is 12.5. The number of benzene rings is 3. The van der Waals surface area contributed by atoms with Crippen LogP contribution in [0.1, 0.15) is 55.0 Å². The molecule has 0 aromatic heterocycles. The standard InChI is InChI=1S/C27H25NO2/c1-19-12-13-20(2)23(17-19)15-14-22-8-5-7-21(18-22)9-6-16-28-26(29)24-10-3-4-11-25(24)27(28)30/h3-5,7-8,10-15,17-18H,6,9,16H2,1-2H3. The number of fused-ring (bicyclic) bond motifs is 1. The quantitative estimate of drug-likeness (QED) is 0.396. The normalized spacial score (nSPS) is 13.3. The van der Waals surface area contributed by atoms with Gasteiger partial charge in [-0.1, -0.05) is 72.3 Å². The molecule has 3 aromatic rings. The van der Waals surface area contributed by atoms with Crippen LogP contribution < -0.4 is 0 Å². The Morgan fingerprint density at radius 1 is 0.800 bits per heavy atom. The highest BCUT2D eigenvalue weighted by molar-refractivity contribution is 6.21. The molecule has 0 unspecified atom stereocenters. The van der Waals surface area contributed by atoms with Crippen LogP contribution in [-0.4, -0.2) is 23.3 Å². The zero-order valence-electron chi connectivity index (χ0n) is 17.4. The predicted octanol–water partition coefficient (Wildman–Crippen LogP) is 5.70. The summed E-state index contributed by atoms with van der Waals surface area (Å²) in [5.41, 5.74) is 7.12. The van der Waals surface area contributed by atoms with Gasteiger partial charge < -0.3 is 0 Å².